The van der Waals surface area contributed by atoms with Crippen LogP contribution in [-0.4, -0.2) is 53.9 Å². The number of nitrogens with zero attached hydrogens (tertiary/aromatic N) is 2. The minimum absolute atomic E-state index is 0.0867. The van der Waals surface area contributed by atoms with Crippen LogP contribution >= 0.6 is 0 Å². The summed E-state index contributed by atoms with van der Waals surface area (Å²) in [4.78, 5) is 15.9. The first-order valence-electron chi connectivity index (χ1n) is 5.96. The van der Waals surface area contributed by atoms with E-state index in [1.165, 1.54) is 0 Å². The van der Waals surface area contributed by atoms with Gasteiger partial charge in [-0.05, 0) is 26.3 Å². The number of piperidine rings is 1. The zero-order valence-corrected chi connectivity index (χ0v) is 10.0. The number of likely N-dealkylation sites (tertiary alicyclic amines) is 1. The van der Waals surface area contributed by atoms with Gasteiger partial charge in [-0.1, -0.05) is 6.92 Å². The standard InChI is InChI=1S/C11H20N4O/c1-3-6-15-10(16)13-9(12)11(15)4-7-14(2)8-5-11/h3-8H2,1-2H3,(H2,12,13,16). The molecule has 0 unspecified atom stereocenters. The number of carbonyl (C=O) groups is 1. The Labute approximate surface area is 96.3 Å². The Morgan fingerprint density at radius 3 is 2.62 bits per heavy atom. The first-order valence-corrected chi connectivity index (χ1v) is 5.96. The van der Waals surface area contributed by atoms with Gasteiger partial charge in [-0.2, -0.15) is 0 Å². The molecule has 0 atom stereocenters. The zero-order valence-electron chi connectivity index (χ0n) is 10.0. The van der Waals surface area contributed by atoms with E-state index in [2.05, 4.69) is 24.2 Å². The first-order chi connectivity index (χ1) is 7.60. The number of hydrogen-bond acceptors (Lipinski definition) is 3. The molecule has 0 aromatic heterocycles. The van der Waals surface area contributed by atoms with Crippen LogP contribution in [0.5, 0.6) is 0 Å². The molecular weight excluding hydrogens is 204 g/mol. The van der Waals surface area contributed by atoms with Crippen LogP contribution in [0.15, 0.2) is 0 Å². The fraction of sp³-hybridized carbons (Fsp3) is 0.818. The van der Waals surface area contributed by atoms with E-state index >= 15 is 0 Å². The average Bonchev–Trinajstić information content (AvgIpc) is 2.48. The highest BCUT2D eigenvalue weighted by molar-refractivity contribution is 6.08. The van der Waals surface area contributed by atoms with Gasteiger partial charge in [0.25, 0.3) is 0 Å². The summed E-state index contributed by atoms with van der Waals surface area (Å²) in [5.41, 5.74) is -0.334. The molecule has 2 fully saturated rings. The zero-order chi connectivity index (χ0) is 11.8. The summed E-state index contributed by atoms with van der Waals surface area (Å²) in [7, 11) is 2.09. The SMILES string of the molecule is CCCN1C(=O)NC(=N)C12CCN(C)CC2. The molecule has 2 heterocycles. The van der Waals surface area contributed by atoms with E-state index in [0.29, 0.717) is 5.84 Å². The van der Waals surface area contributed by atoms with Gasteiger partial charge in [0, 0.05) is 19.6 Å². The topological polar surface area (TPSA) is 59.4 Å². The molecule has 2 aliphatic heterocycles. The molecule has 0 saturated carbocycles. The molecule has 0 aromatic carbocycles. The van der Waals surface area contributed by atoms with E-state index in [4.69, 9.17) is 5.41 Å². The highest BCUT2D eigenvalue weighted by Crippen LogP contribution is 2.32. The quantitative estimate of drug-likeness (QED) is 0.731. The van der Waals surface area contributed by atoms with Crippen molar-refractivity contribution in [3.05, 3.63) is 0 Å². The molecule has 2 amide bonds. The summed E-state index contributed by atoms with van der Waals surface area (Å²) in [5, 5.41) is 10.7. The average molecular weight is 224 g/mol. The Morgan fingerprint density at radius 1 is 1.44 bits per heavy atom. The molecular formula is C11H20N4O. The number of rotatable bonds is 2. The van der Waals surface area contributed by atoms with Crippen molar-refractivity contribution < 1.29 is 4.79 Å². The maximum Gasteiger partial charge on any atom is 0.323 e. The summed E-state index contributed by atoms with van der Waals surface area (Å²) in [6.45, 7) is 4.73. The maximum absolute atomic E-state index is 11.8. The largest absolute Gasteiger partial charge is 0.323 e. The normalized spacial score (nSPS) is 25.2. The van der Waals surface area contributed by atoms with Crippen molar-refractivity contribution in [1.82, 2.24) is 15.1 Å². The Kier molecular flexibility index (Phi) is 2.88. The van der Waals surface area contributed by atoms with Crippen LogP contribution < -0.4 is 5.32 Å². The molecule has 2 aliphatic rings. The molecule has 0 aromatic rings. The second-order valence-corrected chi connectivity index (χ2v) is 4.79. The third-order valence-electron chi connectivity index (χ3n) is 3.72. The summed E-state index contributed by atoms with van der Waals surface area (Å²) >= 11 is 0. The molecule has 1 spiro atoms. The smallest absolute Gasteiger partial charge is 0.312 e. The molecule has 0 radical (unpaired) electrons. The lowest BCUT2D eigenvalue weighted by molar-refractivity contribution is 0.115. The van der Waals surface area contributed by atoms with Gasteiger partial charge in [-0.15, -0.1) is 0 Å². The van der Waals surface area contributed by atoms with Gasteiger partial charge in [0.2, 0.25) is 0 Å². The molecule has 5 heteroatoms. The number of carbonyl (C=O) groups excluding carboxylic acids is 1. The van der Waals surface area contributed by atoms with Crippen LogP contribution in [0.4, 0.5) is 4.79 Å². The fourth-order valence-corrected chi connectivity index (χ4v) is 2.67. The van der Waals surface area contributed by atoms with Crippen LogP contribution in [0.25, 0.3) is 0 Å². The van der Waals surface area contributed by atoms with Crippen molar-refractivity contribution in [3.63, 3.8) is 0 Å². The van der Waals surface area contributed by atoms with Crippen molar-refractivity contribution in [1.29, 1.82) is 5.41 Å². The van der Waals surface area contributed by atoms with E-state index in [-0.39, 0.29) is 11.6 Å². The lowest BCUT2D eigenvalue weighted by Gasteiger charge is -2.42. The van der Waals surface area contributed by atoms with E-state index in [1.807, 2.05) is 4.90 Å². The van der Waals surface area contributed by atoms with Crippen LogP contribution in [-0.2, 0) is 0 Å². The molecule has 0 aliphatic carbocycles. The van der Waals surface area contributed by atoms with Gasteiger partial charge in [0.05, 0.1) is 0 Å². The van der Waals surface area contributed by atoms with Crippen molar-refractivity contribution >= 4 is 11.9 Å². The predicted octanol–water partition coefficient (Wildman–Crippen LogP) is 0.863. The minimum atomic E-state index is -0.334. The number of nitrogens with one attached hydrogen (secondary N) is 2. The number of urea groups is 1. The summed E-state index contributed by atoms with van der Waals surface area (Å²) in [5.74, 6) is 0.402. The molecule has 5 nitrogen and oxygen atoms in total. The maximum atomic E-state index is 11.8. The Bertz CT molecular complexity index is 307. The van der Waals surface area contributed by atoms with Crippen molar-refractivity contribution in [2.24, 2.45) is 0 Å². The van der Waals surface area contributed by atoms with Crippen molar-refractivity contribution in [2.75, 3.05) is 26.7 Å². The third-order valence-corrected chi connectivity index (χ3v) is 3.72. The van der Waals surface area contributed by atoms with Gasteiger partial charge >= 0.3 is 6.03 Å². The lowest BCUT2D eigenvalue weighted by atomic mass is 9.86. The monoisotopic (exact) mass is 224 g/mol. The highest BCUT2D eigenvalue weighted by atomic mass is 16.2. The summed E-state index contributed by atoms with van der Waals surface area (Å²) in [6.07, 6.45) is 2.69. The Morgan fingerprint density at radius 2 is 2.06 bits per heavy atom. The molecule has 2 saturated heterocycles. The molecule has 16 heavy (non-hydrogen) atoms. The van der Waals surface area contributed by atoms with Crippen LogP contribution in [0.2, 0.25) is 0 Å². The van der Waals surface area contributed by atoms with E-state index in [1.54, 1.807) is 0 Å². The third kappa shape index (κ3) is 1.59. The van der Waals surface area contributed by atoms with E-state index in [0.717, 1.165) is 38.9 Å². The summed E-state index contributed by atoms with van der Waals surface area (Å²) < 4.78 is 0. The van der Waals surface area contributed by atoms with Crippen molar-refractivity contribution in [2.45, 2.75) is 31.7 Å². The molecule has 2 N–H and O–H groups in total. The molecule has 90 valence electrons. The van der Waals surface area contributed by atoms with Crippen molar-refractivity contribution in [3.8, 4) is 0 Å². The first kappa shape index (κ1) is 11.4. The van der Waals surface area contributed by atoms with Crippen LogP contribution in [0.1, 0.15) is 26.2 Å². The number of amides is 2. The molecule has 2 rings (SSSR count). The van der Waals surface area contributed by atoms with Gasteiger partial charge in [0.1, 0.15) is 11.4 Å². The number of hydrogen-bond donors (Lipinski definition) is 2. The Balaban J connectivity index is 2.21. The fourth-order valence-electron chi connectivity index (χ4n) is 2.67. The van der Waals surface area contributed by atoms with E-state index < -0.39 is 0 Å². The van der Waals surface area contributed by atoms with E-state index in [9.17, 15) is 4.79 Å². The second-order valence-electron chi connectivity index (χ2n) is 4.79. The van der Waals surface area contributed by atoms with Crippen LogP contribution in [0, 0.1) is 5.41 Å². The van der Waals surface area contributed by atoms with Gasteiger partial charge in [0.15, 0.2) is 0 Å². The highest BCUT2D eigenvalue weighted by Gasteiger charge is 2.50. The Hall–Kier alpha value is -1.10. The number of amidine groups is 1. The molecule has 0 bridgehead atoms. The summed E-state index contributed by atoms with van der Waals surface area (Å²) in [6, 6.07) is -0.0867. The van der Waals surface area contributed by atoms with Gasteiger partial charge in [-0.25, -0.2) is 4.79 Å². The van der Waals surface area contributed by atoms with Gasteiger partial charge < -0.3 is 9.80 Å². The lowest BCUT2D eigenvalue weighted by Crippen LogP contribution is -2.55. The minimum Gasteiger partial charge on any atom is -0.312 e. The second kappa shape index (κ2) is 4.05. The predicted molar refractivity (Wildman–Crippen MR) is 62.7 cm³/mol. The van der Waals surface area contributed by atoms with Gasteiger partial charge in [-0.3, -0.25) is 10.7 Å². The van der Waals surface area contributed by atoms with Crippen LogP contribution in [0.3, 0.4) is 0 Å².